The molecule has 0 spiro atoms. The Morgan fingerprint density at radius 2 is 1.67 bits per heavy atom. The van der Waals surface area contributed by atoms with Gasteiger partial charge in [0.25, 0.3) is 0 Å². The zero-order valence-electron chi connectivity index (χ0n) is 16.1. The molecule has 0 bridgehead atoms. The van der Waals surface area contributed by atoms with Crippen LogP contribution in [-0.4, -0.2) is 28.6 Å². The summed E-state index contributed by atoms with van der Waals surface area (Å²) in [6.45, 7) is 5.55. The fourth-order valence-corrected chi connectivity index (χ4v) is 4.43. The first kappa shape index (κ1) is 20.9. The molecule has 0 aliphatic heterocycles. The molecule has 0 amide bonds. The third-order valence-corrected chi connectivity index (χ3v) is 5.91. The Morgan fingerprint density at radius 3 is 2.15 bits per heavy atom. The molecule has 146 valence electrons. The van der Waals surface area contributed by atoms with Crippen molar-refractivity contribution in [3.8, 4) is 5.75 Å². The van der Waals surface area contributed by atoms with Crippen molar-refractivity contribution in [1.82, 2.24) is 4.72 Å². The fraction of sp³-hybridized carbons (Fsp3) is 0.350. The molecule has 0 saturated heterocycles. The summed E-state index contributed by atoms with van der Waals surface area (Å²) < 4.78 is 38.5. The Kier molecular flexibility index (Phi) is 6.62. The SMILES string of the molecule is COC(=O)c1ccc(S(=O)(=O)NC(c2ccc(OC)cc2)C(C)C)c(C)c1. The summed E-state index contributed by atoms with van der Waals surface area (Å²) in [5.41, 5.74) is 1.63. The van der Waals surface area contributed by atoms with Gasteiger partial charge in [-0.25, -0.2) is 17.9 Å². The van der Waals surface area contributed by atoms with E-state index in [9.17, 15) is 13.2 Å². The van der Waals surface area contributed by atoms with E-state index in [1.807, 2.05) is 26.0 Å². The monoisotopic (exact) mass is 391 g/mol. The predicted octanol–water partition coefficient (Wildman–Crippen LogP) is 3.47. The maximum Gasteiger partial charge on any atom is 0.337 e. The van der Waals surface area contributed by atoms with Crippen molar-refractivity contribution in [3.63, 3.8) is 0 Å². The van der Waals surface area contributed by atoms with Gasteiger partial charge in [0.15, 0.2) is 0 Å². The number of ether oxygens (including phenoxy) is 2. The van der Waals surface area contributed by atoms with Crippen LogP contribution in [0, 0.1) is 12.8 Å². The molecule has 27 heavy (non-hydrogen) atoms. The molecule has 0 aliphatic rings. The minimum absolute atomic E-state index is 0.0304. The Hall–Kier alpha value is -2.38. The first-order valence-corrected chi connectivity index (χ1v) is 10.0. The highest BCUT2D eigenvalue weighted by Gasteiger charge is 2.25. The standard InChI is InChI=1S/C20H25NO5S/c1-13(2)19(15-6-9-17(25-4)10-7-15)21-27(23,24)18-11-8-16(12-14(18)3)20(22)26-5/h6-13,19,21H,1-5H3. The lowest BCUT2D eigenvalue weighted by molar-refractivity contribution is 0.0600. The number of rotatable bonds is 7. The second kappa shape index (κ2) is 8.54. The molecule has 2 rings (SSSR count). The molecule has 6 nitrogen and oxygen atoms in total. The molecule has 1 N–H and O–H groups in total. The summed E-state index contributed by atoms with van der Waals surface area (Å²) in [4.78, 5) is 11.8. The lowest BCUT2D eigenvalue weighted by atomic mass is 9.97. The quantitative estimate of drug-likeness (QED) is 0.731. The van der Waals surface area contributed by atoms with Crippen LogP contribution in [0.25, 0.3) is 0 Å². The average molecular weight is 391 g/mol. The van der Waals surface area contributed by atoms with E-state index in [0.717, 1.165) is 5.56 Å². The Bertz CT molecular complexity index is 904. The summed E-state index contributed by atoms with van der Waals surface area (Å²) in [5, 5.41) is 0. The van der Waals surface area contributed by atoms with E-state index >= 15 is 0 Å². The van der Waals surface area contributed by atoms with E-state index in [1.165, 1.54) is 25.3 Å². The molecule has 2 aromatic rings. The van der Waals surface area contributed by atoms with Gasteiger partial charge in [0.1, 0.15) is 5.75 Å². The smallest absolute Gasteiger partial charge is 0.337 e. The summed E-state index contributed by atoms with van der Waals surface area (Å²) in [6, 6.07) is 11.3. The van der Waals surface area contributed by atoms with Gasteiger partial charge in [-0.1, -0.05) is 26.0 Å². The second-order valence-electron chi connectivity index (χ2n) is 6.59. The van der Waals surface area contributed by atoms with Crippen molar-refractivity contribution in [1.29, 1.82) is 0 Å². The molecule has 0 heterocycles. The highest BCUT2D eigenvalue weighted by molar-refractivity contribution is 7.89. The number of aryl methyl sites for hydroxylation is 1. The van der Waals surface area contributed by atoms with Crippen molar-refractivity contribution in [2.75, 3.05) is 14.2 Å². The van der Waals surface area contributed by atoms with Crippen molar-refractivity contribution < 1.29 is 22.7 Å². The molecule has 1 atom stereocenters. The first-order valence-electron chi connectivity index (χ1n) is 8.55. The number of esters is 1. The number of sulfonamides is 1. The van der Waals surface area contributed by atoms with E-state index in [2.05, 4.69) is 9.46 Å². The Labute approximate surface area is 160 Å². The molecule has 2 aromatic carbocycles. The van der Waals surface area contributed by atoms with E-state index in [0.29, 0.717) is 16.9 Å². The van der Waals surface area contributed by atoms with Crippen LogP contribution in [0.1, 0.15) is 41.4 Å². The zero-order valence-corrected chi connectivity index (χ0v) is 17.0. The molecule has 7 heteroatoms. The number of benzene rings is 2. The van der Waals surface area contributed by atoms with E-state index < -0.39 is 22.0 Å². The molecular weight excluding hydrogens is 366 g/mol. The number of hydrogen-bond donors (Lipinski definition) is 1. The van der Waals surface area contributed by atoms with Gasteiger partial charge in [-0.3, -0.25) is 0 Å². The van der Waals surface area contributed by atoms with Crippen molar-refractivity contribution >= 4 is 16.0 Å². The van der Waals surface area contributed by atoms with Crippen LogP contribution < -0.4 is 9.46 Å². The van der Waals surface area contributed by atoms with E-state index in [-0.39, 0.29) is 10.8 Å². The average Bonchev–Trinajstić information content (AvgIpc) is 2.65. The van der Waals surface area contributed by atoms with Crippen molar-refractivity contribution in [3.05, 3.63) is 59.2 Å². The minimum atomic E-state index is -3.78. The third kappa shape index (κ3) is 4.87. The first-order chi connectivity index (χ1) is 12.7. The number of hydrogen-bond acceptors (Lipinski definition) is 5. The number of methoxy groups -OCH3 is 2. The molecule has 0 radical (unpaired) electrons. The molecule has 0 aliphatic carbocycles. The molecule has 1 unspecified atom stereocenters. The largest absolute Gasteiger partial charge is 0.497 e. The molecule has 0 fully saturated rings. The highest BCUT2D eigenvalue weighted by atomic mass is 32.2. The number of carbonyl (C=O) groups is 1. The van der Waals surface area contributed by atoms with Crippen LogP contribution in [0.2, 0.25) is 0 Å². The van der Waals surface area contributed by atoms with Crippen LogP contribution in [0.5, 0.6) is 5.75 Å². The van der Waals surface area contributed by atoms with Gasteiger partial charge in [-0.05, 0) is 54.3 Å². The minimum Gasteiger partial charge on any atom is -0.497 e. The maximum atomic E-state index is 13.0. The van der Waals surface area contributed by atoms with Crippen molar-refractivity contribution in [2.45, 2.75) is 31.7 Å². The van der Waals surface area contributed by atoms with Crippen LogP contribution >= 0.6 is 0 Å². The topological polar surface area (TPSA) is 81.7 Å². The van der Waals surface area contributed by atoms with Crippen LogP contribution in [-0.2, 0) is 14.8 Å². The van der Waals surface area contributed by atoms with Gasteiger partial charge in [0.05, 0.1) is 24.7 Å². The molecule has 0 aromatic heterocycles. The van der Waals surface area contributed by atoms with Gasteiger partial charge in [-0.15, -0.1) is 0 Å². The van der Waals surface area contributed by atoms with Gasteiger partial charge in [-0.2, -0.15) is 0 Å². The maximum absolute atomic E-state index is 13.0. The van der Waals surface area contributed by atoms with Gasteiger partial charge < -0.3 is 9.47 Å². The molecular formula is C20H25NO5S. The lowest BCUT2D eigenvalue weighted by Gasteiger charge is -2.23. The van der Waals surface area contributed by atoms with Gasteiger partial charge >= 0.3 is 5.97 Å². The normalized spacial score (nSPS) is 12.7. The number of carbonyl (C=O) groups excluding carboxylic acids is 1. The van der Waals surface area contributed by atoms with Crippen LogP contribution in [0.15, 0.2) is 47.4 Å². The summed E-state index contributed by atoms with van der Waals surface area (Å²) in [6.07, 6.45) is 0. The third-order valence-electron chi connectivity index (χ3n) is 4.31. The zero-order chi connectivity index (χ0) is 20.2. The molecule has 0 saturated carbocycles. The van der Waals surface area contributed by atoms with Crippen LogP contribution in [0.3, 0.4) is 0 Å². The summed E-state index contributed by atoms with van der Waals surface area (Å²) in [7, 11) is -0.916. The van der Waals surface area contributed by atoms with Crippen LogP contribution in [0.4, 0.5) is 0 Å². The number of nitrogens with one attached hydrogen (secondary N) is 1. The van der Waals surface area contributed by atoms with Gasteiger partial charge in [0.2, 0.25) is 10.0 Å². The van der Waals surface area contributed by atoms with Crippen molar-refractivity contribution in [2.24, 2.45) is 5.92 Å². The lowest BCUT2D eigenvalue weighted by Crippen LogP contribution is -2.32. The predicted molar refractivity (Wildman–Crippen MR) is 103 cm³/mol. The fourth-order valence-electron chi connectivity index (χ4n) is 2.83. The summed E-state index contributed by atoms with van der Waals surface area (Å²) in [5.74, 6) is 0.231. The second-order valence-corrected chi connectivity index (χ2v) is 8.27. The van der Waals surface area contributed by atoms with E-state index in [1.54, 1.807) is 26.2 Å². The highest BCUT2D eigenvalue weighted by Crippen LogP contribution is 2.27. The summed E-state index contributed by atoms with van der Waals surface area (Å²) >= 11 is 0. The Balaban J connectivity index is 2.35. The van der Waals surface area contributed by atoms with E-state index in [4.69, 9.17) is 4.74 Å². The Morgan fingerprint density at radius 1 is 1.04 bits per heavy atom. The van der Waals surface area contributed by atoms with Gasteiger partial charge in [0, 0.05) is 6.04 Å².